The first kappa shape index (κ1) is 9.20. The molecule has 0 radical (unpaired) electrons. The van der Waals surface area contributed by atoms with Gasteiger partial charge in [0.15, 0.2) is 5.78 Å². The van der Waals surface area contributed by atoms with Crippen molar-refractivity contribution in [1.29, 1.82) is 0 Å². The summed E-state index contributed by atoms with van der Waals surface area (Å²) in [7, 11) is 0. The highest BCUT2D eigenvalue weighted by molar-refractivity contribution is 5.87. The largest absolute Gasteiger partial charge is 0.385 e. The third-order valence-electron chi connectivity index (χ3n) is 3.37. The van der Waals surface area contributed by atoms with E-state index in [1.165, 1.54) is 19.3 Å². The maximum atomic E-state index is 11.6. The molecule has 2 heteroatoms. The van der Waals surface area contributed by atoms with E-state index in [1.54, 1.807) is 0 Å². The van der Waals surface area contributed by atoms with E-state index < -0.39 is 6.10 Å². The predicted molar refractivity (Wildman–Crippen MR) is 50.3 cm³/mol. The number of hydrogen-bond donors (Lipinski definition) is 1. The summed E-state index contributed by atoms with van der Waals surface area (Å²) < 4.78 is 0. The van der Waals surface area contributed by atoms with Gasteiger partial charge in [-0.25, -0.2) is 0 Å². The number of hydrogen-bond acceptors (Lipinski definition) is 2. The first-order chi connectivity index (χ1) is 6.29. The molecule has 0 saturated heterocycles. The number of ketones is 1. The van der Waals surface area contributed by atoms with Gasteiger partial charge in [-0.1, -0.05) is 19.3 Å². The van der Waals surface area contributed by atoms with Crippen LogP contribution in [0, 0.1) is 11.8 Å². The molecule has 2 saturated carbocycles. The van der Waals surface area contributed by atoms with Gasteiger partial charge in [-0.05, 0) is 31.6 Å². The predicted octanol–water partition coefficient (Wildman–Crippen LogP) is 1.91. The van der Waals surface area contributed by atoms with Crippen LogP contribution in [0.15, 0.2) is 0 Å². The molecule has 0 amide bonds. The van der Waals surface area contributed by atoms with Crippen LogP contribution in [0.2, 0.25) is 0 Å². The van der Waals surface area contributed by atoms with Gasteiger partial charge in [0.1, 0.15) is 6.10 Å². The molecular weight excluding hydrogens is 164 g/mol. The maximum absolute atomic E-state index is 11.6. The van der Waals surface area contributed by atoms with E-state index in [2.05, 4.69) is 0 Å². The van der Waals surface area contributed by atoms with Crippen LogP contribution in [-0.4, -0.2) is 17.0 Å². The summed E-state index contributed by atoms with van der Waals surface area (Å²) in [6, 6.07) is 0. The zero-order chi connectivity index (χ0) is 9.26. The number of rotatable bonds is 3. The van der Waals surface area contributed by atoms with Crippen LogP contribution in [-0.2, 0) is 4.79 Å². The Balaban J connectivity index is 1.86. The van der Waals surface area contributed by atoms with E-state index in [9.17, 15) is 9.90 Å². The van der Waals surface area contributed by atoms with E-state index in [0.29, 0.717) is 0 Å². The van der Waals surface area contributed by atoms with Crippen molar-refractivity contribution < 1.29 is 9.90 Å². The van der Waals surface area contributed by atoms with Crippen LogP contribution in [0.4, 0.5) is 0 Å². The Kier molecular flexibility index (Phi) is 2.68. The number of aliphatic hydroxyl groups is 1. The van der Waals surface area contributed by atoms with Gasteiger partial charge in [0.2, 0.25) is 0 Å². The minimum absolute atomic E-state index is 0.131. The van der Waals surface area contributed by atoms with E-state index in [1.807, 2.05) is 0 Å². The molecule has 0 unspecified atom stereocenters. The highest BCUT2D eigenvalue weighted by Gasteiger charge is 2.37. The summed E-state index contributed by atoms with van der Waals surface area (Å²) in [5.74, 6) is 0.630. The molecule has 2 fully saturated rings. The molecular formula is C11H18O2. The number of carbonyl (C=O) groups excluding carboxylic acids is 1. The molecule has 0 aromatic heterocycles. The molecule has 74 valence electrons. The van der Waals surface area contributed by atoms with E-state index in [4.69, 9.17) is 0 Å². The fourth-order valence-electron chi connectivity index (χ4n) is 2.29. The van der Waals surface area contributed by atoms with Crippen molar-refractivity contribution in [3.8, 4) is 0 Å². The van der Waals surface area contributed by atoms with E-state index >= 15 is 0 Å². The average molecular weight is 182 g/mol. The normalized spacial score (nSPS) is 27.2. The number of aliphatic hydroxyl groups excluding tert-OH is 1. The van der Waals surface area contributed by atoms with Crippen LogP contribution in [0.5, 0.6) is 0 Å². The van der Waals surface area contributed by atoms with Crippen LogP contribution < -0.4 is 0 Å². The van der Waals surface area contributed by atoms with Crippen molar-refractivity contribution in [2.75, 3.05) is 0 Å². The van der Waals surface area contributed by atoms with Crippen molar-refractivity contribution in [2.45, 2.75) is 51.0 Å². The lowest BCUT2D eigenvalue weighted by atomic mass is 9.83. The molecule has 2 nitrogen and oxygen atoms in total. The van der Waals surface area contributed by atoms with E-state index in [0.717, 1.165) is 25.7 Å². The lowest BCUT2D eigenvalue weighted by Crippen LogP contribution is -2.32. The smallest absolute Gasteiger partial charge is 0.164 e. The van der Waals surface area contributed by atoms with Gasteiger partial charge in [-0.15, -0.1) is 0 Å². The molecule has 1 N–H and O–H groups in total. The Morgan fingerprint density at radius 2 is 1.69 bits per heavy atom. The summed E-state index contributed by atoms with van der Waals surface area (Å²) in [4.78, 5) is 11.6. The topological polar surface area (TPSA) is 37.3 Å². The minimum Gasteiger partial charge on any atom is -0.385 e. The summed E-state index contributed by atoms with van der Waals surface area (Å²) in [6.07, 6.45) is 7.18. The zero-order valence-corrected chi connectivity index (χ0v) is 8.04. The third kappa shape index (κ3) is 2.11. The second-order valence-electron chi connectivity index (χ2n) is 4.52. The Morgan fingerprint density at radius 1 is 1.08 bits per heavy atom. The highest BCUT2D eigenvalue weighted by atomic mass is 16.3. The van der Waals surface area contributed by atoms with Crippen molar-refractivity contribution in [3.63, 3.8) is 0 Å². The summed E-state index contributed by atoms with van der Waals surface area (Å²) in [5, 5.41) is 9.80. The van der Waals surface area contributed by atoms with Gasteiger partial charge >= 0.3 is 0 Å². The van der Waals surface area contributed by atoms with Crippen LogP contribution >= 0.6 is 0 Å². The fraction of sp³-hybridized carbons (Fsp3) is 0.909. The Morgan fingerprint density at radius 3 is 2.23 bits per heavy atom. The van der Waals surface area contributed by atoms with Gasteiger partial charge < -0.3 is 5.11 Å². The standard InChI is InChI=1S/C11H18O2/c12-10(11(13)9-6-7-9)8-4-2-1-3-5-8/h8-10,12H,1-7H2/t10-/m1/s1. The average Bonchev–Trinajstić information content (AvgIpc) is 3.00. The van der Waals surface area contributed by atoms with Crippen molar-refractivity contribution in [2.24, 2.45) is 11.8 Å². The molecule has 2 aliphatic rings. The van der Waals surface area contributed by atoms with Crippen molar-refractivity contribution in [3.05, 3.63) is 0 Å². The minimum atomic E-state index is -0.632. The zero-order valence-electron chi connectivity index (χ0n) is 8.04. The van der Waals surface area contributed by atoms with Crippen LogP contribution in [0.3, 0.4) is 0 Å². The molecule has 0 bridgehead atoms. The highest BCUT2D eigenvalue weighted by Crippen LogP contribution is 2.35. The molecule has 2 rings (SSSR count). The molecule has 0 spiro atoms. The Hall–Kier alpha value is -0.370. The summed E-state index contributed by atoms with van der Waals surface area (Å²) in [5.41, 5.74) is 0. The third-order valence-corrected chi connectivity index (χ3v) is 3.37. The Labute approximate surface area is 79.3 Å². The van der Waals surface area contributed by atoms with Crippen LogP contribution in [0.25, 0.3) is 0 Å². The second kappa shape index (κ2) is 3.79. The lowest BCUT2D eigenvalue weighted by molar-refractivity contribution is -0.131. The van der Waals surface area contributed by atoms with E-state index in [-0.39, 0.29) is 17.6 Å². The molecule has 0 heterocycles. The molecule has 0 aromatic rings. The SMILES string of the molecule is O=C(C1CC1)[C@H](O)C1CCCCC1. The number of carbonyl (C=O) groups is 1. The molecule has 2 aliphatic carbocycles. The van der Waals surface area contributed by atoms with Gasteiger partial charge in [0.05, 0.1) is 0 Å². The first-order valence-corrected chi connectivity index (χ1v) is 5.51. The number of Topliss-reactive ketones (excluding diaryl/α,β-unsaturated/α-hetero) is 1. The molecule has 1 atom stereocenters. The molecule has 0 aromatic carbocycles. The van der Waals surface area contributed by atoms with Gasteiger partial charge in [0.25, 0.3) is 0 Å². The summed E-state index contributed by atoms with van der Waals surface area (Å²) in [6.45, 7) is 0. The van der Waals surface area contributed by atoms with Gasteiger partial charge in [0, 0.05) is 5.92 Å². The molecule has 0 aliphatic heterocycles. The molecule has 13 heavy (non-hydrogen) atoms. The quantitative estimate of drug-likeness (QED) is 0.724. The van der Waals surface area contributed by atoms with Crippen molar-refractivity contribution in [1.82, 2.24) is 0 Å². The van der Waals surface area contributed by atoms with Crippen molar-refractivity contribution >= 4 is 5.78 Å². The fourth-order valence-corrected chi connectivity index (χ4v) is 2.29. The Bertz CT molecular complexity index is 190. The van der Waals surface area contributed by atoms with Crippen LogP contribution in [0.1, 0.15) is 44.9 Å². The summed E-state index contributed by atoms with van der Waals surface area (Å²) >= 11 is 0. The van der Waals surface area contributed by atoms with Gasteiger partial charge in [-0.3, -0.25) is 4.79 Å². The van der Waals surface area contributed by atoms with Gasteiger partial charge in [-0.2, -0.15) is 0 Å². The maximum Gasteiger partial charge on any atom is 0.164 e. The lowest BCUT2D eigenvalue weighted by Gasteiger charge is -2.25. The second-order valence-corrected chi connectivity index (χ2v) is 4.52. The monoisotopic (exact) mass is 182 g/mol. The first-order valence-electron chi connectivity index (χ1n) is 5.51.